The largest absolute Gasteiger partial charge is 0.416 e. The molecule has 0 aliphatic carbocycles. The number of alkyl halides is 3. The summed E-state index contributed by atoms with van der Waals surface area (Å²) in [4.78, 5) is 24.3. The molecule has 2 amide bonds. The minimum absolute atomic E-state index is 0.112. The normalized spacial score (nSPS) is 11.4. The average molecular weight is 394 g/mol. The minimum atomic E-state index is -4.45. The Morgan fingerprint density at radius 3 is 2.44 bits per heavy atom. The van der Waals surface area contributed by atoms with Crippen molar-refractivity contribution in [2.24, 2.45) is 0 Å². The third kappa shape index (κ3) is 7.18. The Morgan fingerprint density at radius 2 is 1.78 bits per heavy atom. The van der Waals surface area contributed by atoms with Crippen LogP contribution in [-0.2, 0) is 15.8 Å². The summed E-state index contributed by atoms with van der Waals surface area (Å²) >= 11 is 1.32. The maximum atomic E-state index is 12.6. The fraction of sp³-hybridized carbons (Fsp3) is 0.158. The number of nitrogens with one attached hydrogen (secondary N) is 2. The molecule has 142 valence electrons. The van der Waals surface area contributed by atoms with Crippen LogP contribution in [0.4, 0.5) is 13.2 Å². The van der Waals surface area contributed by atoms with Crippen molar-refractivity contribution in [3.63, 3.8) is 0 Å². The molecule has 0 bridgehead atoms. The maximum Gasteiger partial charge on any atom is 0.416 e. The highest BCUT2D eigenvalue weighted by Gasteiger charge is 2.30. The predicted molar refractivity (Wildman–Crippen MR) is 98.7 cm³/mol. The molecule has 8 heteroatoms. The molecule has 2 rings (SSSR count). The van der Waals surface area contributed by atoms with Crippen molar-refractivity contribution < 1.29 is 22.8 Å². The van der Waals surface area contributed by atoms with Crippen LogP contribution >= 0.6 is 11.8 Å². The van der Waals surface area contributed by atoms with Crippen molar-refractivity contribution in [3.05, 3.63) is 71.3 Å². The standard InChI is InChI=1S/C19H17F3N2O2S/c1-13-5-8-16(9-6-13)27-12-18(26)24-23-17(25)10-7-14-3-2-4-15(11-14)19(20,21)22/h2-11H,12H2,1H3,(H,23,25)(H,24,26)/b10-7+. The van der Waals surface area contributed by atoms with Gasteiger partial charge in [0.05, 0.1) is 11.3 Å². The van der Waals surface area contributed by atoms with E-state index in [9.17, 15) is 22.8 Å². The van der Waals surface area contributed by atoms with E-state index < -0.39 is 23.6 Å². The van der Waals surface area contributed by atoms with Crippen molar-refractivity contribution in [2.45, 2.75) is 18.0 Å². The van der Waals surface area contributed by atoms with E-state index in [0.29, 0.717) is 0 Å². The van der Waals surface area contributed by atoms with Gasteiger partial charge >= 0.3 is 6.18 Å². The van der Waals surface area contributed by atoms with Gasteiger partial charge in [0, 0.05) is 11.0 Å². The Kier molecular flexibility index (Phi) is 7.06. The Morgan fingerprint density at radius 1 is 1.07 bits per heavy atom. The molecule has 0 spiro atoms. The van der Waals surface area contributed by atoms with E-state index in [2.05, 4.69) is 10.9 Å². The third-order valence-electron chi connectivity index (χ3n) is 3.36. The molecule has 0 heterocycles. The molecule has 0 radical (unpaired) electrons. The average Bonchev–Trinajstić information content (AvgIpc) is 2.64. The molecule has 0 aliphatic heterocycles. The van der Waals surface area contributed by atoms with E-state index in [1.807, 2.05) is 31.2 Å². The van der Waals surface area contributed by atoms with Crippen LogP contribution in [0, 0.1) is 6.92 Å². The molecular weight excluding hydrogens is 377 g/mol. The van der Waals surface area contributed by atoms with Crippen molar-refractivity contribution in [1.29, 1.82) is 0 Å². The highest BCUT2D eigenvalue weighted by molar-refractivity contribution is 8.00. The highest BCUT2D eigenvalue weighted by atomic mass is 32.2. The van der Waals surface area contributed by atoms with Crippen LogP contribution in [0.5, 0.6) is 0 Å². The lowest BCUT2D eigenvalue weighted by atomic mass is 10.1. The number of amides is 2. The monoisotopic (exact) mass is 394 g/mol. The lowest BCUT2D eigenvalue weighted by Gasteiger charge is -2.07. The van der Waals surface area contributed by atoms with Gasteiger partial charge in [0.15, 0.2) is 0 Å². The smallest absolute Gasteiger partial charge is 0.272 e. The SMILES string of the molecule is Cc1ccc(SCC(=O)NNC(=O)/C=C/c2cccc(C(F)(F)F)c2)cc1. The number of carbonyl (C=O) groups excluding carboxylic acids is 2. The van der Waals surface area contributed by atoms with Crippen molar-refractivity contribution in [3.8, 4) is 0 Å². The zero-order chi connectivity index (χ0) is 19.9. The first kappa shape index (κ1) is 20.6. The molecule has 4 nitrogen and oxygen atoms in total. The Labute approximate surface area is 158 Å². The Balaban J connectivity index is 1.79. The predicted octanol–water partition coefficient (Wildman–Crippen LogP) is 3.97. The van der Waals surface area contributed by atoms with E-state index >= 15 is 0 Å². The molecule has 27 heavy (non-hydrogen) atoms. The second kappa shape index (κ2) is 9.27. The molecule has 0 aromatic heterocycles. The fourth-order valence-corrected chi connectivity index (χ4v) is 2.68. The number of halogens is 3. The quantitative estimate of drug-likeness (QED) is 0.458. The van der Waals surface area contributed by atoms with Crippen LogP contribution in [0.1, 0.15) is 16.7 Å². The van der Waals surface area contributed by atoms with E-state index in [0.717, 1.165) is 28.7 Å². The summed E-state index contributed by atoms with van der Waals surface area (Å²) in [5.74, 6) is -0.941. The first-order valence-electron chi connectivity index (χ1n) is 7.87. The molecule has 0 atom stereocenters. The highest BCUT2D eigenvalue weighted by Crippen LogP contribution is 2.29. The summed E-state index contributed by atoms with van der Waals surface area (Å²) in [6, 6.07) is 12.2. The van der Waals surface area contributed by atoms with Gasteiger partial charge in [0.25, 0.3) is 5.91 Å². The summed E-state index contributed by atoms with van der Waals surface area (Å²) in [7, 11) is 0. The first-order chi connectivity index (χ1) is 12.7. The van der Waals surface area contributed by atoms with Gasteiger partial charge in [-0.2, -0.15) is 13.2 Å². The van der Waals surface area contributed by atoms with E-state index in [4.69, 9.17) is 0 Å². The zero-order valence-corrected chi connectivity index (χ0v) is 15.2. The molecule has 0 unspecified atom stereocenters. The Bertz CT molecular complexity index is 834. The second-order valence-electron chi connectivity index (χ2n) is 5.60. The van der Waals surface area contributed by atoms with Crippen LogP contribution in [0.3, 0.4) is 0 Å². The van der Waals surface area contributed by atoms with Crippen molar-refractivity contribution >= 4 is 29.7 Å². The number of rotatable bonds is 5. The van der Waals surface area contributed by atoms with Gasteiger partial charge in [-0.3, -0.25) is 20.4 Å². The number of hydrogen-bond donors (Lipinski definition) is 2. The molecule has 2 aromatic carbocycles. The number of benzene rings is 2. The van der Waals surface area contributed by atoms with Gasteiger partial charge in [-0.15, -0.1) is 11.8 Å². The zero-order valence-electron chi connectivity index (χ0n) is 14.3. The van der Waals surface area contributed by atoms with Crippen LogP contribution in [0.25, 0.3) is 6.08 Å². The van der Waals surface area contributed by atoms with Crippen LogP contribution < -0.4 is 10.9 Å². The minimum Gasteiger partial charge on any atom is -0.272 e. The third-order valence-corrected chi connectivity index (χ3v) is 4.37. The lowest BCUT2D eigenvalue weighted by molar-refractivity contribution is -0.137. The molecule has 2 N–H and O–H groups in total. The summed E-state index contributed by atoms with van der Waals surface area (Å²) in [6.07, 6.45) is -2.17. The molecule has 0 saturated carbocycles. The van der Waals surface area contributed by atoms with Crippen LogP contribution in [-0.4, -0.2) is 17.6 Å². The van der Waals surface area contributed by atoms with E-state index in [1.165, 1.54) is 30.0 Å². The summed E-state index contributed by atoms with van der Waals surface area (Å²) in [5, 5.41) is 0. The molecule has 0 fully saturated rings. The maximum absolute atomic E-state index is 12.6. The molecule has 0 aliphatic rings. The van der Waals surface area contributed by atoms with E-state index in [1.54, 1.807) is 0 Å². The molecule has 0 saturated heterocycles. The number of carbonyl (C=O) groups is 2. The molecule has 2 aromatic rings. The number of hydrazine groups is 1. The Hall–Kier alpha value is -2.74. The topological polar surface area (TPSA) is 58.2 Å². The van der Waals surface area contributed by atoms with Crippen LogP contribution in [0.15, 0.2) is 59.5 Å². The van der Waals surface area contributed by atoms with Gasteiger partial charge in [0.2, 0.25) is 5.91 Å². The van der Waals surface area contributed by atoms with Crippen LogP contribution in [0.2, 0.25) is 0 Å². The summed E-state index contributed by atoms with van der Waals surface area (Å²) < 4.78 is 37.9. The van der Waals surface area contributed by atoms with Gasteiger partial charge < -0.3 is 0 Å². The first-order valence-corrected chi connectivity index (χ1v) is 8.86. The van der Waals surface area contributed by atoms with Gasteiger partial charge in [-0.25, -0.2) is 0 Å². The van der Waals surface area contributed by atoms with Gasteiger partial charge in [-0.05, 0) is 42.8 Å². The second-order valence-corrected chi connectivity index (χ2v) is 6.64. The van der Waals surface area contributed by atoms with Crippen molar-refractivity contribution in [1.82, 2.24) is 10.9 Å². The van der Waals surface area contributed by atoms with E-state index in [-0.39, 0.29) is 11.3 Å². The fourth-order valence-electron chi connectivity index (χ4n) is 1.98. The lowest BCUT2D eigenvalue weighted by Crippen LogP contribution is -2.41. The molecular formula is C19H17F3N2O2S. The number of hydrogen-bond acceptors (Lipinski definition) is 3. The van der Waals surface area contributed by atoms with Gasteiger partial charge in [0.1, 0.15) is 0 Å². The summed E-state index contributed by atoms with van der Waals surface area (Å²) in [5.41, 5.74) is 4.97. The van der Waals surface area contributed by atoms with Gasteiger partial charge in [-0.1, -0.05) is 29.8 Å². The number of aryl methyl sites for hydroxylation is 1. The summed E-state index contributed by atoms with van der Waals surface area (Å²) in [6.45, 7) is 1.96. The number of thioether (sulfide) groups is 1. The van der Waals surface area contributed by atoms with Crippen molar-refractivity contribution in [2.75, 3.05) is 5.75 Å².